The Balaban J connectivity index is 2.12. The fraction of sp³-hybridized carbons (Fsp3) is 0.444. The molecule has 0 radical (unpaired) electrons. The standard InChI is InChI=1S/C18H22N2O4/c1-4-23-16(21)18(17(22)24-5-2)10-13-12-8-6-7-9-14(12)19-15(13)11(3)20-18/h6-9,11,19-20H,4-5,10H2,1-3H3. The molecule has 1 aromatic heterocycles. The molecule has 1 aliphatic heterocycles. The number of nitrogens with one attached hydrogen (secondary N) is 2. The van der Waals surface area contributed by atoms with Crippen LogP contribution in [0.25, 0.3) is 10.9 Å². The van der Waals surface area contributed by atoms with E-state index in [1.54, 1.807) is 13.8 Å². The van der Waals surface area contributed by atoms with E-state index in [4.69, 9.17) is 9.47 Å². The largest absolute Gasteiger partial charge is 0.464 e. The lowest BCUT2D eigenvalue weighted by atomic mass is 9.83. The number of ether oxygens (including phenoxy) is 2. The first-order valence-electron chi connectivity index (χ1n) is 8.25. The van der Waals surface area contributed by atoms with Crippen LogP contribution in [-0.4, -0.2) is 35.7 Å². The van der Waals surface area contributed by atoms with Crippen LogP contribution in [0.1, 0.15) is 38.1 Å². The van der Waals surface area contributed by atoms with Crippen molar-refractivity contribution in [2.24, 2.45) is 0 Å². The summed E-state index contributed by atoms with van der Waals surface area (Å²) in [6, 6.07) is 7.65. The van der Waals surface area contributed by atoms with Gasteiger partial charge in [-0.05, 0) is 32.4 Å². The van der Waals surface area contributed by atoms with Crippen molar-refractivity contribution in [2.45, 2.75) is 38.8 Å². The molecule has 0 saturated heterocycles. The lowest BCUT2D eigenvalue weighted by molar-refractivity contribution is -0.167. The average Bonchev–Trinajstić information content (AvgIpc) is 2.94. The smallest absolute Gasteiger partial charge is 0.338 e. The minimum atomic E-state index is -1.51. The normalized spacial score (nSPS) is 18.9. The fourth-order valence-corrected chi connectivity index (χ4v) is 3.39. The number of aromatic nitrogens is 1. The van der Waals surface area contributed by atoms with Gasteiger partial charge in [0.25, 0.3) is 0 Å². The van der Waals surface area contributed by atoms with Gasteiger partial charge in [-0.3, -0.25) is 5.32 Å². The predicted octanol–water partition coefficient (Wildman–Crippen LogP) is 2.24. The van der Waals surface area contributed by atoms with Crippen molar-refractivity contribution < 1.29 is 19.1 Å². The number of carbonyl (C=O) groups is 2. The minimum absolute atomic E-state index is 0.203. The molecule has 1 aromatic carbocycles. The first-order chi connectivity index (χ1) is 11.5. The van der Waals surface area contributed by atoms with Gasteiger partial charge in [-0.2, -0.15) is 0 Å². The summed E-state index contributed by atoms with van der Waals surface area (Å²) in [6.45, 7) is 5.77. The van der Waals surface area contributed by atoms with Crippen molar-refractivity contribution in [2.75, 3.05) is 13.2 Å². The molecule has 2 heterocycles. The van der Waals surface area contributed by atoms with Crippen LogP contribution < -0.4 is 5.32 Å². The summed E-state index contributed by atoms with van der Waals surface area (Å²) in [4.78, 5) is 28.7. The van der Waals surface area contributed by atoms with Gasteiger partial charge in [0.2, 0.25) is 5.54 Å². The molecular formula is C18H22N2O4. The van der Waals surface area contributed by atoms with E-state index >= 15 is 0 Å². The molecule has 1 aliphatic rings. The number of esters is 2. The second kappa shape index (κ2) is 6.28. The van der Waals surface area contributed by atoms with E-state index in [-0.39, 0.29) is 25.7 Å². The van der Waals surface area contributed by atoms with Crippen LogP contribution in [0.2, 0.25) is 0 Å². The molecule has 24 heavy (non-hydrogen) atoms. The Bertz CT molecular complexity index is 762. The van der Waals surface area contributed by atoms with Crippen LogP contribution >= 0.6 is 0 Å². The van der Waals surface area contributed by atoms with Crippen LogP contribution in [0, 0.1) is 0 Å². The monoisotopic (exact) mass is 330 g/mol. The number of H-pyrrole nitrogens is 1. The van der Waals surface area contributed by atoms with Gasteiger partial charge in [0.1, 0.15) is 0 Å². The molecule has 3 rings (SSSR count). The van der Waals surface area contributed by atoms with E-state index in [9.17, 15) is 9.59 Å². The second-order valence-corrected chi connectivity index (χ2v) is 5.95. The highest BCUT2D eigenvalue weighted by atomic mass is 16.6. The maximum atomic E-state index is 12.7. The highest BCUT2D eigenvalue weighted by Crippen LogP contribution is 2.36. The topological polar surface area (TPSA) is 80.4 Å². The van der Waals surface area contributed by atoms with Crippen molar-refractivity contribution in [1.82, 2.24) is 10.3 Å². The number of para-hydroxylation sites is 1. The summed E-state index contributed by atoms with van der Waals surface area (Å²) in [5.41, 5.74) is 1.42. The van der Waals surface area contributed by atoms with E-state index in [0.717, 1.165) is 22.2 Å². The van der Waals surface area contributed by atoms with E-state index in [0.29, 0.717) is 0 Å². The number of rotatable bonds is 4. The summed E-state index contributed by atoms with van der Waals surface area (Å²) in [5.74, 6) is -1.18. The number of hydrogen-bond acceptors (Lipinski definition) is 5. The van der Waals surface area contributed by atoms with Gasteiger partial charge in [-0.1, -0.05) is 18.2 Å². The molecule has 128 valence electrons. The van der Waals surface area contributed by atoms with Crippen LogP contribution in [0.5, 0.6) is 0 Å². The van der Waals surface area contributed by atoms with Gasteiger partial charge in [-0.25, -0.2) is 9.59 Å². The van der Waals surface area contributed by atoms with E-state index < -0.39 is 17.5 Å². The lowest BCUT2D eigenvalue weighted by Crippen LogP contribution is -2.63. The van der Waals surface area contributed by atoms with Crippen molar-refractivity contribution in [3.8, 4) is 0 Å². The molecule has 2 aromatic rings. The maximum absolute atomic E-state index is 12.7. The van der Waals surface area contributed by atoms with Gasteiger partial charge in [0.15, 0.2) is 0 Å². The van der Waals surface area contributed by atoms with Gasteiger partial charge >= 0.3 is 11.9 Å². The SMILES string of the molecule is CCOC(=O)C1(C(=O)OCC)Cc2c([nH]c3ccccc23)C(C)N1. The highest BCUT2D eigenvalue weighted by molar-refractivity contribution is 6.06. The van der Waals surface area contributed by atoms with Crippen molar-refractivity contribution >= 4 is 22.8 Å². The number of benzene rings is 1. The minimum Gasteiger partial charge on any atom is -0.464 e. The van der Waals surface area contributed by atoms with Gasteiger partial charge < -0.3 is 14.5 Å². The zero-order chi connectivity index (χ0) is 17.3. The quantitative estimate of drug-likeness (QED) is 0.664. The highest BCUT2D eigenvalue weighted by Gasteiger charge is 2.53. The maximum Gasteiger partial charge on any atom is 0.338 e. The third kappa shape index (κ3) is 2.47. The average molecular weight is 330 g/mol. The summed E-state index contributed by atoms with van der Waals surface area (Å²) in [7, 11) is 0. The first kappa shape index (κ1) is 16.5. The molecule has 0 amide bonds. The molecule has 0 fully saturated rings. The molecule has 1 unspecified atom stereocenters. The predicted molar refractivity (Wildman–Crippen MR) is 89.6 cm³/mol. The zero-order valence-corrected chi connectivity index (χ0v) is 14.1. The number of carbonyl (C=O) groups excluding carboxylic acids is 2. The first-order valence-corrected chi connectivity index (χ1v) is 8.25. The molecule has 1 atom stereocenters. The van der Waals surface area contributed by atoms with Crippen molar-refractivity contribution in [3.63, 3.8) is 0 Å². The van der Waals surface area contributed by atoms with Gasteiger partial charge in [0.05, 0.1) is 13.2 Å². The van der Waals surface area contributed by atoms with Gasteiger partial charge in [0, 0.05) is 29.1 Å². The molecule has 0 spiro atoms. The molecule has 2 N–H and O–H groups in total. The number of hydrogen-bond donors (Lipinski definition) is 2. The van der Waals surface area contributed by atoms with Crippen LogP contribution in [0.4, 0.5) is 0 Å². The third-order valence-electron chi connectivity index (χ3n) is 4.43. The summed E-state index contributed by atoms with van der Waals surface area (Å²) in [6.07, 6.45) is 0.203. The molecular weight excluding hydrogens is 308 g/mol. The number of aromatic amines is 1. The van der Waals surface area contributed by atoms with E-state index in [1.807, 2.05) is 31.2 Å². The summed E-state index contributed by atoms with van der Waals surface area (Å²) < 4.78 is 10.4. The summed E-state index contributed by atoms with van der Waals surface area (Å²) >= 11 is 0. The van der Waals surface area contributed by atoms with Crippen LogP contribution in [-0.2, 0) is 25.5 Å². The Labute approximate surface area is 140 Å². The van der Waals surface area contributed by atoms with E-state index in [2.05, 4.69) is 10.3 Å². The molecule has 6 nitrogen and oxygen atoms in total. The Morgan fingerprint density at radius 2 is 1.79 bits per heavy atom. The molecule has 0 aliphatic carbocycles. The third-order valence-corrected chi connectivity index (χ3v) is 4.43. The molecule has 6 heteroatoms. The Morgan fingerprint density at radius 3 is 2.42 bits per heavy atom. The van der Waals surface area contributed by atoms with Crippen LogP contribution in [0.3, 0.4) is 0 Å². The zero-order valence-electron chi connectivity index (χ0n) is 14.1. The fourth-order valence-electron chi connectivity index (χ4n) is 3.39. The molecule has 0 bridgehead atoms. The molecule has 0 saturated carbocycles. The lowest BCUT2D eigenvalue weighted by Gasteiger charge is -2.37. The Morgan fingerprint density at radius 1 is 1.17 bits per heavy atom. The van der Waals surface area contributed by atoms with Crippen LogP contribution in [0.15, 0.2) is 24.3 Å². The van der Waals surface area contributed by atoms with E-state index in [1.165, 1.54) is 0 Å². The van der Waals surface area contributed by atoms with Crippen molar-refractivity contribution in [3.05, 3.63) is 35.5 Å². The van der Waals surface area contributed by atoms with Crippen molar-refractivity contribution in [1.29, 1.82) is 0 Å². The summed E-state index contributed by atoms with van der Waals surface area (Å²) in [5, 5.41) is 4.15. The Hall–Kier alpha value is -2.34. The number of fused-ring (bicyclic) bond motifs is 3. The second-order valence-electron chi connectivity index (χ2n) is 5.95. The van der Waals surface area contributed by atoms with Gasteiger partial charge in [-0.15, -0.1) is 0 Å². The Kier molecular flexibility index (Phi) is 4.32.